The third kappa shape index (κ3) is 3.33. The highest BCUT2D eigenvalue weighted by Crippen LogP contribution is 2.20. The summed E-state index contributed by atoms with van der Waals surface area (Å²) < 4.78 is 10.2. The molecule has 7 heteroatoms. The summed E-state index contributed by atoms with van der Waals surface area (Å²) in [4.78, 5) is 12.4. The standard InChI is InChI=1S/C13H17N5O2/c1-14-11-16-12(18-13(17-11)20-3)15-10-7-5-4-6-9(10)8-19-2/h4-7H,8H2,1-3H3,(H2,14,15,16,17,18). The van der Waals surface area contributed by atoms with E-state index in [0.29, 0.717) is 18.5 Å². The lowest BCUT2D eigenvalue weighted by Crippen LogP contribution is -2.06. The van der Waals surface area contributed by atoms with Crippen LogP contribution in [-0.4, -0.2) is 36.2 Å². The lowest BCUT2D eigenvalue weighted by molar-refractivity contribution is 0.185. The maximum Gasteiger partial charge on any atom is 0.322 e. The van der Waals surface area contributed by atoms with Crippen LogP contribution < -0.4 is 15.4 Å². The summed E-state index contributed by atoms with van der Waals surface area (Å²) in [6, 6.07) is 8.04. The van der Waals surface area contributed by atoms with E-state index in [9.17, 15) is 0 Å². The van der Waals surface area contributed by atoms with Gasteiger partial charge in [0.05, 0.1) is 13.7 Å². The summed E-state index contributed by atoms with van der Waals surface area (Å²) in [5.41, 5.74) is 1.89. The van der Waals surface area contributed by atoms with Gasteiger partial charge in [-0.25, -0.2) is 0 Å². The molecule has 0 aliphatic rings. The third-order valence-corrected chi connectivity index (χ3v) is 2.58. The number of rotatable bonds is 6. The second-order valence-corrected chi connectivity index (χ2v) is 3.93. The number of benzene rings is 1. The van der Waals surface area contributed by atoms with Crippen molar-refractivity contribution in [2.24, 2.45) is 0 Å². The molecule has 1 aromatic carbocycles. The van der Waals surface area contributed by atoms with Crippen molar-refractivity contribution in [3.63, 3.8) is 0 Å². The summed E-state index contributed by atoms with van der Waals surface area (Å²) in [6.07, 6.45) is 0. The van der Waals surface area contributed by atoms with E-state index in [1.807, 2.05) is 24.3 Å². The Morgan fingerprint density at radius 1 is 1.05 bits per heavy atom. The smallest absolute Gasteiger partial charge is 0.322 e. The minimum Gasteiger partial charge on any atom is -0.467 e. The highest BCUT2D eigenvalue weighted by atomic mass is 16.5. The van der Waals surface area contributed by atoms with Gasteiger partial charge in [0.2, 0.25) is 11.9 Å². The molecule has 20 heavy (non-hydrogen) atoms. The van der Waals surface area contributed by atoms with Gasteiger partial charge in [-0.15, -0.1) is 0 Å². The molecule has 7 nitrogen and oxygen atoms in total. The molecule has 0 spiro atoms. The van der Waals surface area contributed by atoms with Crippen LogP contribution in [0.2, 0.25) is 0 Å². The summed E-state index contributed by atoms with van der Waals surface area (Å²) in [5, 5.41) is 6.01. The van der Waals surface area contributed by atoms with E-state index in [4.69, 9.17) is 9.47 Å². The number of hydrogen-bond donors (Lipinski definition) is 2. The van der Waals surface area contributed by atoms with Gasteiger partial charge >= 0.3 is 6.01 Å². The average Bonchev–Trinajstić information content (AvgIpc) is 2.49. The topological polar surface area (TPSA) is 81.2 Å². The molecular weight excluding hydrogens is 258 g/mol. The highest BCUT2D eigenvalue weighted by Gasteiger charge is 2.08. The van der Waals surface area contributed by atoms with Crippen LogP contribution >= 0.6 is 0 Å². The van der Waals surface area contributed by atoms with Crippen molar-refractivity contribution in [1.82, 2.24) is 15.0 Å². The highest BCUT2D eigenvalue weighted by molar-refractivity contribution is 5.59. The average molecular weight is 275 g/mol. The van der Waals surface area contributed by atoms with E-state index in [1.54, 1.807) is 14.2 Å². The fraction of sp³-hybridized carbons (Fsp3) is 0.308. The first-order valence-corrected chi connectivity index (χ1v) is 6.08. The Kier molecular flexibility index (Phi) is 4.67. The Hall–Kier alpha value is -2.41. The Morgan fingerprint density at radius 2 is 1.80 bits per heavy atom. The van der Waals surface area contributed by atoms with Gasteiger partial charge in [0.15, 0.2) is 0 Å². The van der Waals surface area contributed by atoms with Crippen molar-refractivity contribution >= 4 is 17.6 Å². The van der Waals surface area contributed by atoms with Crippen LogP contribution in [0.5, 0.6) is 6.01 Å². The maximum absolute atomic E-state index is 5.17. The zero-order valence-electron chi connectivity index (χ0n) is 11.7. The van der Waals surface area contributed by atoms with Crippen molar-refractivity contribution in [2.75, 3.05) is 31.9 Å². The van der Waals surface area contributed by atoms with Crippen LogP contribution in [0, 0.1) is 0 Å². The number of ether oxygens (including phenoxy) is 2. The molecule has 106 valence electrons. The van der Waals surface area contributed by atoms with Crippen LogP contribution in [0.4, 0.5) is 17.6 Å². The molecule has 0 bridgehead atoms. The Labute approximate surface area is 117 Å². The van der Waals surface area contributed by atoms with Gasteiger partial charge in [0.1, 0.15) is 0 Å². The first-order chi connectivity index (χ1) is 9.76. The normalized spacial score (nSPS) is 10.2. The molecule has 2 aromatic rings. The molecule has 0 aliphatic carbocycles. The lowest BCUT2D eigenvalue weighted by atomic mass is 10.2. The summed E-state index contributed by atoms with van der Waals surface area (Å²) in [6.45, 7) is 0.504. The maximum atomic E-state index is 5.17. The van der Waals surface area contributed by atoms with Gasteiger partial charge in [0.25, 0.3) is 0 Å². The van der Waals surface area contributed by atoms with Crippen molar-refractivity contribution in [1.29, 1.82) is 0 Å². The summed E-state index contributed by atoms with van der Waals surface area (Å²) in [5.74, 6) is 0.841. The SMILES string of the molecule is CNc1nc(Nc2ccccc2COC)nc(OC)n1. The van der Waals surface area contributed by atoms with E-state index in [-0.39, 0.29) is 6.01 Å². The number of para-hydroxylation sites is 1. The third-order valence-electron chi connectivity index (χ3n) is 2.58. The second kappa shape index (κ2) is 6.67. The predicted molar refractivity (Wildman–Crippen MR) is 76.4 cm³/mol. The van der Waals surface area contributed by atoms with E-state index >= 15 is 0 Å². The number of methoxy groups -OCH3 is 2. The minimum absolute atomic E-state index is 0.246. The molecule has 0 radical (unpaired) electrons. The molecule has 0 saturated heterocycles. The van der Waals surface area contributed by atoms with Crippen molar-refractivity contribution in [3.8, 4) is 6.01 Å². The number of nitrogens with one attached hydrogen (secondary N) is 2. The molecule has 0 atom stereocenters. The van der Waals surface area contributed by atoms with E-state index < -0.39 is 0 Å². The molecule has 2 rings (SSSR count). The van der Waals surface area contributed by atoms with Crippen molar-refractivity contribution in [3.05, 3.63) is 29.8 Å². The van der Waals surface area contributed by atoms with Gasteiger partial charge in [-0.1, -0.05) is 18.2 Å². The number of nitrogens with zero attached hydrogens (tertiary/aromatic N) is 3. The molecule has 0 fully saturated rings. The molecule has 1 aromatic heterocycles. The quantitative estimate of drug-likeness (QED) is 0.832. The van der Waals surface area contributed by atoms with E-state index in [2.05, 4.69) is 25.6 Å². The zero-order chi connectivity index (χ0) is 14.4. The summed E-state index contributed by atoms with van der Waals surface area (Å²) >= 11 is 0. The Balaban J connectivity index is 2.29. The Morgan fingerprint density at radius 3 is 2.50 bits per heavy atom. The van der Waals surface area contributed by atoms with Crippen molar-refractivity contribution in [2.45, 2.75) is 6.61 Å². The summed E-state index contributed by atoms with van der Waals surface area (Å²) in [7, 11) is 4.90. The first kappa shape index (κ1) is 14.0. The second-order valence-electron chi connectivity index (χ2n) is 3.93. The monoisotopic (exact) mass is 275 g/mol. The Bertz CT molecular complexity index is 554. The number of aromatic nitrogens is 3. The molecule has 1 heterocycles. The van der Waals surface area contributed by atoms with Gasteiger partial charge in [-0.2, -0.15) is 15.0 Å². The van der Waals surface area contributed by atoms with Crippen LogP contribution in [0.1, 0.15) is 5.56 Å². The lowest BCUT2D eigenvalue weighted by Gasteiger charge is -2.11. The molecule has 0 amide bonds. The number of hydrogen-bond acceptors (Lipinski definition) is 7. The predicted octanol–water partition coefficient (Wildman–Crippen LogP) is 1.81. The molecule has 2 N–H and O–H groups in total. The molecular formula is C13H17N5O2. The first-order valence-electron chi connectivity index (χ1n) is 6.08. The fourth-order valence-corrected chi connectivity index (χ4v) is 1.66. The molecule has 0 aliphatic heterocycles. The largest absolute Gasteiger partial charge is 0.467 e. The van der Waals surface area contributed by atoms with Gasteiger partial charge < -0.3 is 20.1 Å². The van der Waals surface area contributed by atoms with E-state index in [1.165, 1.54) is 7.11 Å². The van der Waals surface area contributed by atoms with Crippen molar-refractivity contribution < 1.29 is 9.47 Å². The van der Waals surface area contributed by atoms with Gasteiger partial charge in [-0.3, -0.25) is 0 Å². The van der Waals surface area contributed by atoms with E-state index in [0.717, 1.165) is 11.3 Å². The van der Waals surface area contributed by atoms with Crippen LogP contribution in [0.15, 0.2) is 24.3 Å². The minimum atomic E-state index is 0.246. The van der Waals surface area contributed by atoms with Crippen LogP contribution in [0.3, 0.4) is 0 Å². The fourth-order valence-electron chi connectivity index (χ4n) is 1.66. The van der Waals surface area contributed by atoms with Gasteiger partial charge in [0, 0.05) is 25.4 Å². The van der Waals surface area contributed by atoms with Crippen LogP contribution in [-0.2, 0) is 11.3 Å². The van der Waals surface area contributed by atoms with Gasteiger partial charge in [-0.05, 0) is 6.07 Å². The number of anilines is 3. The van der Waals surface area contributed by atoms with Crippen LogP contribution in [0.25, 0.3) is 0 Å². The molecule has 0 unspecified atom stereocenters. The zero-order valence-corrected chi connectivity index (χ0v) is 11.7. The molecule has 0 saturated carbocycles.